The Balaban J connectivity index is 1.82. The Morgan fingerprint density at radius 2 is 1.47 bits per heavy atom. The van der Waals surface area contributed by atoms with Gasteiger partial charge in [-0.1, -0.05) is 61.9 Å². The predicted octanol–water partition coefficient (Wildman–Crippen LogP) is 6.13. The molecule has 0 saturated carbocycles. The minimum absolute atomic E-state index is 0.306. The average Bonchev–Trinajstić information content (AvgIpc) is 2.98. The highest BCUT2D eigenvalue weighted by atomic mass is 16.2. The monoisotopic (exact) mass is 424 g/mol. The molecular weight excluding hydrogens is 396 g/mol. The first-order valence-corrected chi connectivity index (χ1v) is 10.9. The molecule has 0 aliphatic carbocycles. The van der Waals surface area contributed by atoms with E-state index in [0.717, 1.165) is 27.9 Å². The Hall–Kier alpha value is -3.66. The van der Waals surface area contributed by atoms with Crippen LogP contribution in [-0.2, 0) is 9.59 Å². The van der Waals surface area contributed by atoms with E-state index in [0.29, 0.717) is 22.9 Å². The summed E-state index contributed by atoms with van der Waals surface area (Å²) in [7, 11) is 0. The van der Waals surface area contributed by atoms with Crippen molar-refractivity contribution >= 4 is 28.8 Å². The normalized spacial score (nSPS) is 14.0. The Morgan fingerprint density at radius 3 is 2.09 bits per heavy atom. The SMILES string of the molecule is Cc1cccc(N2C(=O)C(Nc3ccc(C(C)C)cc3)=C(c3ccc(C)cc3C)C2=O)c1. The predicted molar refractivity (Wildman–Crippen MR) is 131 cm³/mol. The lowest BCUT2D eigenvalue weighted by Gasteiger charge is -2.16. The molecule has 1 aliphatic rings. The van der Waals surface area contributed by atoms with E-state index < -0.39 is 0 Å². The lowest BCUT2D eigenvalue weighted by molar-refractivity contribution is -0.120. The van der Waals surface area contributed by atoms with Crippen molar-refractivity contribution in [1.82, 2.24) is 0 Å². The van der Waals surface area contributed by atoms with Crippen molar-refractivity contribution in [2.75, 3.05) is 10.2 Å². The number of nitrogens with one attached hydrogen (secondary N) is 1. The lowest BCUT2D eigenvalue weighted by Crippen LogP contribution is -2.32. The van der Waals surface area contributed by atoms with Gasteiger partial charge in [0.05, 0.1) is 11.3 Å². The summed E-state index contributed by atoms with van der Waals surface area (Å²) in [5.41, 5.74) is 7.11. The number of aryl methyl sites for hydroxylation is 3. The number of benzene rings is 3. The number of hydrogen-bond acceptors (Lipinski definition) is 3. The second kappa shape index (κ2) is 8.46. The Morgan fingerprint density at radius 1 is 0.781 bits per heavy atom. The summed E-state index contributed by atoms with van der Waals surface area (Å²) >= 11 is 0. The zero-order chi connectivity index (χ0) is 23.0. The van der Waals surface area contributed by atoms with Gasteiger partial charge in [-0.05, 0) is 73.2 Å². The fraction of sp³-hybridized carbons (Fsp3) is 0.214. The number of carbonyl (C=O) groups excluding carboxylic acids is 2. The molecule has 0 aromatic heterocycles. The minimum Gasteiger partial charge on any atom is -0.350 e. The van der Waals surface area contributed by atoms with Crippen LogP contribution >= 0.6 is 0 Å². The fourth-order valence-electron chi connectivity index (χ4n) is 4.09. The van der Waals surface area contributed by atoms with E-state index in [2.05, 4.69) is 19.2 Å². The van der Waals surface area contributed by atoms with Crippen LogP contribution in [0.3, 0.4) is 0 Å². The number of anilines is 2. The van der Waals surface area contributed by atoms with E-state index in [1.165, 1.54) is 10.5 Å². The van der Waals surface area contributed by atoms with Gasteiger partial charge >= 0.3 is 0 Å². The van der Waals surface area contributed by atoms with Gasteiger partial charge in [0, 0.05) is 5.69 Å². The standard InChI is InChI=1S/C28H28N2O2/c1-17(2)21-10-12-22(13-11-21)29-26-25(24-14-9-19(4)15-20(24)5)27(31)30(28(26)32)23-8-6-7-18(3)16-23/h6-17,29H,1-5H3. The zero-order valence-corrected chi connectivity index (χ0v) is 19.2. The van der Waals surface area contributed by atoms with Gasteiger partial charge in [0.25, 0.3) is 11.8 Å². The Kier molecular flexibility index (Phi) is 5.70. The summed E-state index contributed by atoms with van der Waals surface area (Å²) in [6.45, 7) is 10.2. The summed E-state index contributed by atoms with van der Waals surface area (Å²) in [6, 6.07) is 21.4. The maximum absolute atomic E-state index is 13.6. The van der Waals surface area contributed by atoms with Crippen molar-refractivity contribution < 1.29 is 9.59 Å². The van der Waals surface area contributed by atoms with Crippen molar-refractivity contribution in [2.45, 2.75) is 40.5 Å². The molecule has 0 atom stereocenters. The molecule has 0 spiro atoms. The second-order valence-corrected chi connectivity index (χ2v) is 8.75. The summed E-state index contributed by atoms with van der Waals surface area (Å²) < 4.78 is 0. The molecule has 162 valence electrons. The Bertz CT molecular complexity index is 1240. The molecule has 1 aliphatic heterocycles. The smallest absolute Gasteiger partial charge is 0.282 e. The van der Waals surface area contributed by atoms with E-state index in [4.69, 9.17) is 0 Å². The van der Waals surface area contributed by atoms with Crippen molar-refractivity contribution in [2.24, 2.45) is 0 Å². The first-order chi connectivity index (χ1) is 15.3. The molecule has 0 fully saturated rings. The van der Waals surface area contributed by atoms with Crippen LogP contribution < -0.4 is 10.2 Å². The fourth-order valence-corrected chi connectivity index (χ4v) is 4.09. The number of hydrogen-bond donors (Lipinski definition) is 1. The van der Waals surface area contributed by atoms with E-state index in [9.17, 15) is 9.59 Å². The van der Waals surface area contributed by atoms with Gasteiger partial charge in [0.15, 0.2) is 0 Å². The third-order valence-electron chi connectivity index (χ3n) is 5.84. The largest absolute Gasteiger partial charge is 0.350 e. The van der Waals surface area contributed by atoms with Crippen molar-refractivity contribution in [3.8, 4) is 0 Å². The van der Waals surface area contributed by atoms with Crippen LogP contribution in [0.15, 0.2) is 72.4 Å². The third-order valence-corrected chi connectivity index (χ3v) is 5.84. The first kappa shape index (κ1) is 21.6. The highest BCUT2D eigenvalue weighted by Gasteiger charge is 2.40. The first-order valence-electron chi connectivity index (χ1n) is 10.9. The third kappa shape index (κ3) is 3.96. The van der Waals surface area contributed by atoms with Crippen LogP contribution in [-0.4, -0.2) is 11.8 Å². The lowest BCUT2D eigenvalue weighted by atomic mass is 9.97. The number of nitrogens with zero attached hydrogens (tertiary/aromatic N) is 1. The maximum atomic E-state index is 13.6. The van der Waals surface area contributed by atoms with Gasteiger partial charge in [0.2, 0.25) is 0 Å². The van der Waals surface area contributed by atoms with Gasteiger partial charge in [-0.2, -0.15) is 0 Å². The number of imide groups is 1. The number of rotatable bonds is 5. The molecule has 4 nitrogen and oxygen atoms in total. The highest BCUT2D eigenvalue weighted by molar-refractivity contribution is 6.46. The molecule has 3 aromatic carbocycles. The number of amides is 2. The van der Waals surface area contributed by atoms with Crippen molar-refractivity contribution in [1.29, 1.82) is 0 Å². The molecule has 3 aromatic rings. The molecule has 2 amide bonds. The topological polar surface area (TPSA) is 49.4 Å². The average molecular weight is 425 g/mol. The molecular formula is C28H28N2O2. The van der Waals surface area contributed by atoms with E-state index in [1.54, 1.807) is 6.07 Å². The molecule has 0 unspecified atom stereocenters. The summed E-state index contributed by atoms with van der Waals surface area (Å²) in [5.74, 6) is -0.238. The molecule has 32 heavy (non-hydrogen) atoms. The second-order valence-electron chi connectivity index (χ2n) is 8.75. The van der Waals surface area contributed by atoms with Crippen molar-refractivity contribution in [3.63, 3.8) is 0 Å². The van der Waals surface area contributed by atoms with Crippen LogP contribution in [0, 0.1) is 20.8 Å². The van der Waals surface area contributed by atoms with Gasteiger partial charge in [0.1, 0.15) is 5.70 Å². The molecule has 0 radical (unpaired) electrons. The van der Waals surface area contributed by atoms with Crippen LogP contribution in [0.1, 0.15) is 47.6 Å². The number of carbonyl (C=O) groups is 2. The minimum atomic E-state index is -0.344. The van der Waals surface area contributed by atoms with Gasteiger partial charge in [-0.3, -0.25) is 9.59 Å². The molecule has 0 bridgehead atoms. The molecule has 1 heterocycles. The van der Waals surface area contributed by atoms with E-state index >= 15 is 0 Å². The summed E-state index contributed by atoms with van der Waals surface area (Å²) in [4.78, 5) is 28.4. The molecule has 1 N–H and O–H groups in total. The van der Waals surface area contributed by atoms with E-state index in [-0.39, 0.29) is 11.8 Å². The van der Waals surface area contributed by atoms with E-state index in [1.807, 2.05) is 81.4 Å². The highest BCUT2D eigenvalue weighted by Crippen LogP contribution is 2.35. The van der Waals surface area contributed by atoms with Crippen LogP contribution in [0.4, 0.5) is 11.4 Å². The molecule has 0 saturated heterocycles. The Labute approximate surface area is 189 Å². The van der Waals surface area contributed by atoms with Crippen LogP contribution in [0.25, 0.3) is 5.57 Å². The summed E-state index contributed by atoms with van der Waals surface area (Å²) in [5, 5.41) is 3.26. The van der Waals surface area contributed by atoms with Gasteiger partial charge in [-0.15, -0.1) is 0 Å². The molecule has 4 rings (SSSR count). The van der Waals surface area contributed by atoms with Crippen molar-refractivity contribution in [3.05, 3.63) is 100 Å². The van der Waals surface area contributed by atoms with Gasteiger partial charge in [-0.25, -0.2) is 4.90 Å². The molecule has 4 heteroatoms. The van der Waals surface area contributed by atoms with Crippen LogP contribution in [0.2, 0.25) is 0 Å². The van der Waals surface area contributed by atoms with Gasteiger partial charge < -0.3 is 5.32 Å². The maximum Gasteiger partial charge on any atom is 0.282 e. The summed E-state index contributed by atoms with van der Waals surface area (Å²) in [6.07, 6.45) is 0. The zero-order valence-electron chi connectivity index (χ0n) is 19.2. The quantitative estimate of drug-likeness (QED) is 0.501. The van der Waals surface area contributed by atoms with Crippen LogP contribution in [0.5, 0.6) is 0 Å².